The van der Waals surface area contributed by atoms with Gasteiger partial charge in [-0.1, -0.05) is 25.1 Å². The van der Waals surface area contributed by atoms with Gasteiger partial charge in [0.2, 0.25) is 0 Å². The summed E-state index contributed by atoms with van der Waals surface area (Å²) in [5.74, 6) is 0. The summed E-state index contributed by atoms with van der Waals surface area (Å²) in [5, 5.41) is 3.66. The number of nitrogens with one attached hydrogen (secondary N) is 1. The van der Waals surface area contributed by atoms with Crippen molar-refractivity contribution in [3.63, 3.8) is 0 Å². The zero-order valence-corrected chi connectivity index (χ0v) is 12.3. The molecule has 2 nitrogen and oxygen atoms in total. The Morgan fingerprint density at radius 1 is 1.26 bits per heavy atom. The molecule has 104 valence electrons. The summed E-state index contributed by atoms with van der Waals surface area (Å²) in [6.07, 6.45) is 5.13. The van der Waals surface area contributed by atoms with Crippen molar-refractivity contribution in [3.05, 3.63) is 34.9 Å². The highest BCUT2D eigenvalue weighted by molar-refractivity contribution is 5.35. The molecular weight excluding hydrogens is 232 g/mol. The lowest BCUT2D eigenvalue weighted by Gasteiger charge is -2.41. The van der Waals surface area contributed by atoms with E-state index in [1.54, 1.807) is 11.1 Å². The van der Waals surface area contributed by atoms with Gasteiger partial charge in [0.25, 0.3) is 0 Å². The average molecular weight is 258 g/mol. The van der Waals surface area contributed by atoms with E-state index in [-0.39, 0.29) is 0 Å². The molecule has 1 aromatic rings. The Hall–Kier alpha value is -0.860. The molecule has 0 aromatic heterocycles. The van der Waals surface area contributed by atoms with Gasteiger partial charge in [-0.15, -0.1) is 0 Å². The van der Waals surface area contributed by atoms with Crippen LogP contribution in [-0.2, 0) is 19.4 Å². The largest absolute Gasteiger partial charge is 0.309 e. The first kappa shape index (κ1) is 13.1. The summed E-state index contributed by atoms with van der Waals surface area (Å²) in [4.78, 5) is 2.61. The van der Waals surface area contributed by atoms with Gasteiger partial charge in [0.15, 0.2) is 0 Å². The first-order valence-electron chi connectivity index (χ1n) is 7.77. The van der Waals surface area contributed by atoms with Crippen LogP contribution in [0.4, 0.5) is 0 Å². The molecule has 1 N–H and O–H groups in total. The number of hydrogen-bond donors (Lipinski definition) is 1. The third-order valence-electron chi connectivity index (χ3n) is 4.90. The van der Waals surface area contributed by atoms with Crippen LogP contribution in [0.15, 0.2) is 18.2 Å². The highest BCUT2D eigenvalue weighted by atomic mass is 15.2. The summed E-state index contributed by atoms with van der Waals surface area (Å²) in [6.45, 7) is 9.21. The van der Waals surface area contributed by atoms with Crippen LogP contribution in [0.1, 0.15) is 43.4 Å². The molecule has 1 aromatic carbocycles. The van der Waals surface area contributed by atoms with Crippen LogP contribution in [0, 0.1) is 0 Å². The zero-order chi connectivity index (χ0) is 13.3. The maximum Gasteiger partial charge on any atom is 0.0278 e. The van der Waals surface area contributed by atoms with Gasteiger partial charge in [-0.2, -0.15) is 0 Å². The quantitative estimate of drug-likeness (QED) is 0.897. The smallest absolute Gasteiger partial charge is 0.0278 e. The van der Waals surface area contributed by atoms with Crippen molar-refractivity contribution in [1.29, 1.82) is 0 Å². The lowest BCUT2D eigenvalue weighted by atomic mass is 9.95. The minimum Gasteiger partial charge on any atom is -0.309 e. The van der Waals surface area contributed by atoms with Gasteiger partial charge < -0.3 is 5.32 Å². The molecule has 0 bridgehead atoms. The molecule has 0 saturated carbocycles. The molecule has 2 aliphatic rings. The van der Waals surface area contributed by atoms with Crippen molar-refractivity contribution in [2.75, 3.05) is 19.6 Å². The van der Waals surface area contributed by atoms with Gasteiger partial charge in [-0.05, 0) is 49.3 Å². The van der Waals surface area contributed by atoms with E-state index in [0.717, 1.165) is 13.1 Å². The van der Waals surface area contributed by atoms with Crippen molar-refractivity contribution in [1.82, 2.24) is 10.2 Å². The maximum absolute atomic E-state index is 3.66. The minimum atomic E-state index is 0.301. The molecule has 0 radical (unpaired) electrons. The van der Waals surface area contributed by atoms with Crippen LogP contribution < -0.4 is 5.32 Å². The van der Waals surface area contributed by atoms with Gasteiger partial charge >= 0.3 is 0 Å². The molecule has 19 heavy (non-hydrogen) atoms. The number of piperazine rings is 1. The summed E-state index contributed by atoms with van der Waals surface area (Å²) < 4.78 is 0. The van der Waals surface area contributed by atoms with E-state index in [9.17, 15) is 0 Å². The third kappa shape index (κ3) is 2.85. The van der Waals surface area contributed by atoms with E-state index >= 15 is 0 Å². The first-order valence-corrected chi connectivity index (χ1v) is 7.77. The fraction of sp³-hybridized carbons (Fsp3) is 0.647. The Morgan fingerprint density at radius 3 is 2.95 bits per heavy atom. The fourth-order valence-electron chi connectivity index (χ4n) is 3.50. The Kier molecular flexibility index (Phi) is 3.64. The topological polar surface area (TPSA) is 15.3 Å². The summed E-state index contributed by atoms with van der Waals surface area (Å²) in [7, 11) is 0. The molecule has 1 aliphatic carbocycles. The highest BCUT2D eigenvalue weighted by Crippen LogP contribution is 2.24. The Balaban J connectivity index is 1.68. The number of rotatable bonds is 3. The van der Waals surface area contributed by atoms with Gasteiger partial charge in [0, 0.05) is 31.7 Å². The molecule has 1 aliphatic heterocycles. The first-order chi connectivity index (χ1) is 9.18. The second kappa shape index (κ2) is 5.26. The van der Waals surface area contributed by atoms with Crippen LogP contribution in [0.2, 0.25) is 0 Å². The summed E-state index contributed by atoms with van der Waals surface area (Å²) in [5.41, 5.74) is 4.99. The van der Waals surface area contributed by atoms with Crippen LogP contribution in [0.5, 0.6) is 0 Å². The van der Waals surface area contributed by atoms with E-state index in [2.05, 4.69) is 42.3 Å². The fourth-order valence-corrected chi connectivity index (χ4v) is 3.50. The Bertz CT molecular complexity index is 455. The molecule has 2 heteroatoms. The normalized spacial score (nSPS) is 27.5. The molecule has 3 rings (SSSR count). The number of nitrogens with zero attached hydrogens (tertiary/aromatic N) is 1. The van der Waals surface area contributed by atoms with Crippen LogP contribution in [0.25, 0.3) is 0 Å². The number of aryl methyl sites for hydroxylation is 2. The van der Waals surface area contributed by atoms with Gasteiger partial charge in [0.05, 0.1) is 0 Å². The minimum absolute atomic E-state index is 0.301. The summed E-state index contributed by atoms with van der Waals surface area (Å²) in [6, 6.07) is 7.15. The van der Waals surface area contributed by atoms with Crippen LogP contribution in [0.3, 0.4) is 0 Å². The zero-order valence-electron chi connectivity index (χ0n) is 12.3. The van der Waals surface area contributed by atoms with Gasteiger partial charge in [-0.25, -0.2) is 0 Å². The van der Waals surface area contributed by atoms with E-state index in [1.165, 1.54) is 44.3 Å². The molecule has 1 atom stereocenters. The molecule has 1 unspecified atom stereocenters. The highest BCUT2D eigenvalue weighted by Gasteiger charge is 2.28. The SMILES string of the molecule is CCC1(C)CN(Cc2ccc3c(c2)CCC3)CCN1. The number of fused-ring (bicyclic) bond motifs is 1. The van der Waals surface area contributed by atoms with E-state index in [4.69, 9.17) is 0 Å². The van der Waals surface area contributed by atoms with Crippen LogP contribution >= 0.6 is 0 Å². The third-order valence-corrected chi connectivity index (χ3v) is 4.90. The predicted octanol–water partition coefficient (Wildman–Crippen LogP) is 2.75. The number of benzene rings is 1. The van der Waals surface area contributed by atoms with Gasteiger partial charge in [0.1, 0.15) is 0 Å². The van der Waals surface area contributed by atoms with Crippen molar-refractivity contribution in [2.45, 2.75) is 51.6 Å². The second-order valence-corrected chi connectivity index (χ2v) is 6.51. The molecule has 0 amide bonds. The molecule has 1 saturated heterocycles. The molecular formula is C17H26N2. The Morgan fingerprint density at radius 2 is 2.11 bits per heavy atom. The maximum atomic E-state index is 3.66. The van der Waals surface area contributed by atoms with Crippen LogP contribution in [-0.4, -0.2) is 30.1 Å². The summed E-state index contributed by atoms with van der Waals surface area (Å²) >= 11 is 0. The Labute approximate surface area is 117 Å². The van der Waals surface area contributed by atoms with Gasteiger partial charge in [-0.3, -0.25) is 4.90 Å². The second-order valence-electron chi connectivity index (χ2n) is 6.51. The van der Waals surface area contributed by atoms with Crippen molar-refractivity contribution < 1.29 is 0 Å². The van der Waals surface area contributed by atoms with Crippen molar-refractivity contribution in [3.8, 4) is 0 Å². The lowest BCUT2D eigenvalue weighted by Crippen LogP contribution is -2.58. The number of hydrogen-bond acceptors (Lipinski definition) is 2. The van der Waals surface area contributed by atoms with E-state index in [0.29, 0.717) is 5.54 Å². The lowest BCUT2D eigenvalue weighted by molar-refractivity contribution is 0.133. The standard InChI is InChI=1S/C17H26N2/c1-3-17(2)13-19(10-9-18-17)12-14-7-8-15-5-4-6-16(15)11-14/h7-8,11,18H,3-6,9-10,12-13H2,1-2H3. The molecule has 1 heterocycles. The van der Waals surface area contributed by atoms with Crippen molar-refractivity contribution in [2.24, 2.45) is 0 Å². The van der Waals surface area contributed by atoms with Crippen molar-refractivity contribution >= 4 is 0 Å². The van der Waals surface area contributed by atoms with E-state index in [1.807, 2.05) is 0 Å². The average Bonchev–Trinajstić information content (AvgIpc) is 2.86. The molecule has 1 fully saturated rings. The predicted molar refractivity (Wildman–Crippen MR) is 80.4 cm³/mol. The van der Waals surface area contributed by atoms with E-state index < -0.39 is 0 Å². The monoisotopic (exact) mass is 258 g/mol. The molecule has 0 spiro atoms.